The maximum Gasteiger partial charge on any atom is 0.263 e. The van der Waals surface area contributed by atoms with Crippen molar-refractivity contribution in [1.82, 2.24) is 0 Å². The van der Waals surface area contributed by atoms with Crippen LogP contribution in [0.4, 0.5) is 5.69 Å². The molecular formula is C15H16N2O5S2. The lowest BCUT2D eigenvalue weighted by Crippen LogP contribution is -2.20. The third kappa shape index (κ3) is 3.74. The van der Waals surface area contributed by atoms with E-state index in [2.05, 4.69) is 4.72 Å². The molecule has 2 rings (SSSR count). The predicted octanol–water partition coefficient (Wildman–Crippen LogP) is 1.30. The van der Waals surface area contributed by atoms with Crippen LogP contribution in [0.1, 0.15) is 15.9 Å². The van der Waals surface area contributed by atoms with E-state index in [9.17, 15) is 21.6 Å². The average Bonchev–Trinajstić information content (AvgIpc) is 2.45. The van der Waals surface area contributed by atoms with Crippen LogP contribution in [0.25, 0.3) is 0 Å². The number of nitrogens with two attached hydrogens (primary N) is 1. The minimum Gasteiger partial charge on any atom is -0.366 e. The number of sulfonamides is 1. The molecule has 7 nitrogen and oxygen atoms in total. The van der Waals surface area contributed by atoms with Crippen LogP contribution in [0.3, 0.4) is 0 Å². The number of carbonyl (C=O) groups excluding carboxylic acids is 1. The van der Waals surface area contributed by atoms with Crippen LogP contribution in [0.5, 0.6) is 0 Å². The second-order valence-electron chi connectivity index (χ2n) is 5.24. The van der Waals surface area contributed by atoms with Crippen molar-refractivity contribution in [2.45, 2.75) is 16.7 Å². The van der Waals surface area contributed by atoms with Crippen molar-refractivity contribution in [1.29, 1.82) is 0 Å². The third-order valence-corrected chi connectivity index (χ3v) is 5.93. The van der Waals surface area contributed by atoms with E-state index in [1.807, 2.05) is 0 Å². The zero-order chi connectivity index (χ0) is 18.1. The second kappa shape index (κ2) is 6.25. The molecular weight excluding hydrogens is 352 g/mol. The number of rotatable bonds is 5. The first-order valence-corrected chi connectivity index (χ1v) is 10.1. The fourth-order valence-corrected chi connectivity index (χ4v) is 4.84. The number of sulfone groups is 1. The summed E-state index contributed by atoms with van der Waals surface area (Å²) in [5.41, 5.74) is 5.93. The Morgan fingerprint density at radius 2 is 1.58 bits per heavy atom. The zero-order valence-electron chi connectivity index (χ0n) is 13.0. The van der Waals surface area contributed by atoms with Crippen molar-refractivity contribution in [3.63, 3.8) is 0 Å². The van der Waals surface area contributed by atoms with Crippen molar-refractivity contribution in [3.8, 4) is 0 Å². The largest absolute Gasteiger partial charge is 0.366 e. The highest BCUT2D eigenvalue weighted by molar-refractivity contribution is 7.95. The predicted molar refractivity (Wildman–Crippen MR) is 90.1 cm³/mol. The van der Waals surface area contributed by atoms with Gasteiger partial charge >= 0.3 is 0 Å². The monoisotopic (exact) mass is 368 g/mol. The first-order chi connectivity index (χ1) is 11.0. The van der Waals surface area contributed by atoms with E-state index in [0.29, 0.717) is 5.56 Å². The number of hydrogen-bond acceptors (Lipinski definition) is 5. The molecule has 0 fully saturated rings. The quantitative estimate of drug-likeness (QED) is 0.823. The second-order valence-corrected chi connectivity index (χ2v) is 8.87. The van der Waals surface area contributed by atoms with Crippen LogP contribution in [0, 0.1) is 6.92 Å². The molecule has 0 radical (unpaired) electrons. The summed E-state index contributed by atoms with van der Waals surface area (Å²) in [4.78, 5) is 10.7. The topological polar surface area (TPSA) is 123 Å². The Kier molecular flexibility index (Phi) is 4.68. The summed E-state index contributed by atoms with van der Waals surface area (Å²) in [7, 11) is -7.99. The van der Waals surface area contributed by atoms with Crippen molar-refractivity contribution in [2.75, 3.05) is 11.0 Å². The number of hydrogen-bond donors (Lipinski definition) is 2. The first kappa shape index (κ1) is 18.0. The standard InChI is InChI=1S/C15H16N2O5S2/c1-10-7-8-11(15(16)18)12(9-10)17-24(21,22)14-6-4-3-5-13(14)23(2,19)20/h3-9,17H,1-2H3,(H2,16,18). The van der Waals surface area contributed by atoms with Gasteiger partial charge in [0.15, 0.2) is 9.84 Å². The fraction of sp³-hybridized carbons (Fsp3) is 0.133. The van der Waals surface area contributed by atoms with Crippen LogP contribution >= 0.6 is 0 Å². The molecule has 0 aromatic heterocycles. The van der Waals surface area contributed by atoms with Crippen molar-refractivity contribution in [2.24, 2.45) is 5.73 Å². The third-order valence-electron chi connectivity index (χ3n) is 3.22. The molecule has 3 N–H and O–H groups in total. The van der Waals surface area contributed by atoms with E-state index in [-0.39, 0.29) is 16.1 Å². The molecule has 2 aromatic rings. The van der Waals surface area contributed by atoms with Gasteiger partial charge in [-0.15, -0.1) is 0 Å². The van der Waals surface area contributed by atoms with Gasteiger partial charge in [0.1, 0.15) is 4.90 Å². The van der Waals surface area contributed by atoms with Crippen LogP contribution in [-0.4, -0.2) is 29.0 Å². The molecule has 0 aliphatic carbocycles. The minimum absolute atomic E-state index is 0.00851. The van der Waals surface area contributed by atoms with E-state index < -0.39 is 30.7 Å². The Hall–Kier alpha value is -2.39. The molecule has 0 unspecified atom stereocenters. The molecule has 0 atom stereocenters. The highest BCUT2D eigenvalue weighted by Crippen LogP contribution is 2.25. The van der Waals surface area contributed by atoms with Crippen molar-refractivity contribution in [3.05, 3.63) is 53.6 Å². The van der Waals surface area contributed by atoms with E-state index in [1.165, 1.54) is 36.4 Å². The SMILES string of the molecule is Cc1ccc(C(N)=O)c(NS(=O)(=O)c2ccccc2S(C)(=O)=O)c1. The highest BCUT2D eigenvalue weighted by atomic mass is 32.2. The zero-order valence-corrected chi connectivity index (χ0v) is 14.6. The van der Waals surface area contributed by atoms with Gasteiger partial charge in [0, 0.05) is 6.26 Å². The maximum atomic E-state index is 12.6. The average molecular weight is 368 g/mol. The Labute approximate surface area is 140 Å². The van der Waals surface area contributed by atoms with Crippen molar-refractivity contribution < 1.29 is 21.6 Å². The number of anilines is 1. The molecule has 0 aliphatic heterocycles. The van der Waals surface area contributed by atoms with Gasteiger partial charge in [-0.1, -0.05) is 18.2 Å². The lowest BCUT2D eigenvalue weighted by molar-refractivity contribution is 0.100. The smallest absolute Gasteiger partial charge is 0.263 e. The van der Waals surface area contributed by atoms with Gasteiger partial charge in [-0.05, 0) is 36.8 Å². The van der Waals surface area contributed by atoms with E-state index in [4.69, 9.17) is 5.73 Å². The van der Waals surface area contributed by atoms with E-state index in [1.54, 1.807) is 13.0 Å². The molecule has 128 valence electrons. The molecule has 9 heteroatoms. The maximum absolute atomic E-state index is 12.6. The van der Waals surface area contributed by atoms with E-state index >= 15 is 0 Å². The number of carbonyl (C=O) groups is 1. The van der Waals surface area contributed by atoms with Crippen LogP contribution in [-0.2, 0) is 19.9 Å². The van der Waals surface area contributed by atoms with Gasteiger partial charge < -0.3 is 5.73 Å². The number of nitrogens with one attached hydrogen (secondary N) is 1. The molecule has 0 bridgehead atoms. The van der Waals surface area contributed by atoms with Crippen LogP contribution in [0.2, 0.25) is 0 Å². The summed E-state index contributed by atoms with van der Waals surface area (Å²) in [6.45, 7) is 1.72. The number of amides is 1. The van der Waals surface area contributed by atoms with Gasteiger partial charge in [-0.25, -0.2) is 16.8 Å². The number of benzene rings is 2. The summed E-state index contributed by atoms with van der Waals surface area (Å²) in [5.74, 6) is -0.802. The van der Waals surface area contributed by atoms with Gasteiger partial charge in [0.25, 0.3) is 15.9 Å². The summed E-state index contributed by atoms with van der Waals surface area (Å²) in [6.07, 6.45) is 0.920. The summed E-state index contributed by atoms with van der Waals surface area (Å²) >= 11 is 0. The number of primary amides is 1. The van der Waals surface area contributed by atoms with Crippen LogP contribution in [0.15, 0.2) is 52.3 Å². The summed E-state index contributed by atoms with van der Waals surface area (Å²) < 4.78 is 51.1. The molecule has 1 amide bonds. The van der Waals surface area contributed by atoms with Gasteiger partial charge in [0.05, 0.1) is 16.1 Å². The summed E-state index contributed by atoms with van der Waals surface area (Å²) in [6, 6.07) is 9.68. The lowest BCUT2D eigenvalue weighted by atomic mass is 10.1. The molecule has 2 aromatic carbocycles. The Morgan fingerprint density at radius 1 is 1.00 bits per heavy atom. The Bertz CT molecular complexity index is 1010. The number of aryl methyl sites for hydroxylation is 1. The van der Waals surface area contributed by atoms with E-state index in [0.717, 1.165) is 6.26 Å². The molecule has 0 aliphatic rings. The van der Waals surface area contributed by atoms with Gasteiger partial charge in [0.2, 0.25) is 0 Å². The fourth-order valence-electron chi connectivity index (χ4n) is 2.14. The van der Waals surface area contributed by atoms with Crippen LogP contribution < -0.4 is 10.5 Å². The Balaban J connectivity index is 2.60. The molecule has 24 heavy (non-hydrogen) atoms. The normalized spacial score (nSPS) is 11.9. The molecule has 0 saturated carbocycles. The molecule has 0 spiro atoms. The lowest BCUT2D eigenvalue weighted by Gasteiger charge is -2.14. The Morgan fingerprint density at radius 3 is 2.12 bits per heavy atom. The van der Waals surface area contributed by atoms with Gasteiger partial charge in [-0.2, -0.15) is 0 Å². The minimum atomic E-state index is -4.24. The summed E-state index contributed by atoms with van der Waals surface area (Å²) in [5, 5.41) is 0. The highest BCUT2D eigenvalue weighted by Gasteiger charge is 2.24. The van der Waals surface area contributed by atoms with Crippen molar-refractivity contribution >= 4 is 31.5 Å². The molecule has 0 heterocycles. The van der Waals surface area contributed by atoms with Gasteiger partial charge in [-0.3, -0.25) is 9.52 Å². The molecule has 0 saturated heterocycles. The first-order valence-electron chi connectivity index (χ1n) is 6.75.